The van der Waals surface area contributed by atoms with Gasteiger partial charge in [0.15, 0.2) is 6.10 Å². The Balaban J connectivity index is 1.38. The highest BCUT2D eigenvalue weighted by atomic mass is 16.6. The Labute approximate surface area is 186 Å². The van der Waals surface area contributed by atoms with Crippen molar-refractivity contribution in [2.75, 3.05) is 12.3 Å². The molecule has 0 spiro atoms. The van der Waals surface area contributed by atoms with Crippen molar-refractivity contribution in [1.29, 1.82) is 0 Å². The van der Waals surface area contributed by atoms with Crippen LogP contribution in [0.1, 0.15) is 44.1 Å². The second kappa shape index (κ2) is 9.42. The van der Waals surface area contributed by atoms with Crippen LogP contribution in [0.5, 0.6) is 0 Å². The lowest BCUT2D eigenvalue weighted by molar-refractivity contribution is -0.157. The average molecular weight is 440 g/mol. The molecule has 1 aromatic carbocycles. The Morgan fingerprint density at radius 1 is 1.16 bits per heavy atom. The van der Waals surface area contributed by atoms with Gasteiger partial charge in [-0.05, 0) is 42.3 Å². The maximum atomic E-state index is 13.1. The van der Waals surface area contributed by atoms with Crippen LogP contribution in [0.15, 0.2) is 30.5 Å². The Bertz CT molecular complexity index is 1020. The number of carbonyl (C=O) groups excluding carboxylic acids is 3. The van der Waals surface area contributed by atoms with Crippen molar-refractivity contribution in [3.8, 4) is 0 Å². The molecule has 2 atom stereocenters. The van der Waals surface area contributed by atoms with Crippen molar-refractivity contribution in [3.63, 3.8) is 0 Å². The third-order valence-corrected chi connectivity index (χ3v) is 6.50. The van der Waals surface area contributed by atoms with Crippen molar-refractivity contribution >= 4 is 34.5 Å². The zero-order valence-electron chi connectivity index (χ0n) is 18.0. The van der Waals surface area contributed by atoms with Crippen LogP contribution in [0.25, 0.3) is 10.8 Å². The van der Waals surface area contributed by atoms with Crippen molar-refractivity contribution < 1.29 is 19.1 Å². The molecule has 3 amide bonds. The molecule has 1 aromatic heterocycles. The number of nitrogens with one attached hydrogen (secondary N) is 1. The number of nitrogens with zero attached hydrogens (tertiary/aromatic N) is 2. The normalized spacial score (nSPS) is 19.8. The molecule has 0 bridgehead atoms. The highest BCUT2D eigenvalue weighted by Gasteiger charge is 2.43. The quantitative estimate of drug-likeness (QED) is 0.629. The van der Waals surface area contributed by atoms with Crippen molar-refractivity contribution in [1.82, 2.24) is 15.2 Å². The highest BCUT2D eigenvalue weighted by Crippen LogP contribution is 2.31. The molecule has 170 valence electrons. The van der Waals surface area contributed by atoms with E-state index in [1.165, 1.54) is 4.90 Å². The molecule has 9 nitrogen and oxygen atoms in total. The van der Waals surface area contributed by atoms with Crippen LogP contribution in [-0.2, 0) is 20.9 Å². The van der Waals surface area contributed by atoms with E-state index in [-0.39, 0.29) is 17.7 Å². The molecule has 2 aliphatic rings. The van der Waals surface area contributed by atoms with Gasteiger partial charge in [0.2, 0.25) is 5.91 Å². The lowest BCUT2D eigenvalue weighted by Gasteiger charge is -2.42. The van der Waals surface area contributed by atoms with Crippen molar-refractivity contribution in [2.24, 2.45) is 11.7 Å². The van der Waals surface area contributed by atoms with E-state index in [0.29, 0.717) is 25.3 Å². The number of benzene rings is 1. The molecule has 1 aliphatic heterocycles. The SMILES string of the molecule is NC(=O)OC(C(=O)N1CC[C@H]1C(=O)NCc1ccc2c(N)nccc2c1)C1CCCCC1. The van der Waals surface area contributed by atoms with E-state index in [1.54, 1.807) is 6.20 Å². The number of aromatic nitrogens is 1. The molecule has 0 radical (unpaired) electrons. The molecular formula is C23H29N5O4. The minimum Gasteiger partial charge on any atom is -0.436 e. The van der Waals surface area contributed by atoms with Crippen LogP contribution >= 0.6 is 0 Å². The first-order chi connectivity index (χ1) is 15.4. The molecule has 2 aromatic rings. The number of hydrogen-bond donors (Lipinski definition) is 3. The number of hydrogen-bond acceptors (Lipinski definition) is 6. The smallest absolute Gasteiger partial charge is 0.405 e. The van der Waals surface area contributed by atoms with E-state index in [1.807, 2.05) is 24.3 Å². The summed E-state index contributed by atoms with van der Waals surface area (Å²) in [6.07, 6.45) is 5.08. The zero-order chi connectivity index (χ0) is 22.7. The van der Waals surface area contributed by atoms with Crippen LogP contribution in [0.3, 0.4) is 0 Å². The second-order valence-electron chi connectivity index (χ2n) is 8.56. The average Bonchev–Trinajstić information content (AvgIpc) is 2.76. The van der Waals surface area contributed by atoms with Gasteiger partial charge in [-0.1, -0.05) is 31.4 Å². The minimum atomic E-state index is -0.956. The molecule has 2 fully saturated rings. The first-order valence-corrected chi connectivity index (χ1v) is 11.1. The molecule has 2 heterocycles. The number of ether oxygens (including phenoxy) is 1. The summed E-state index contributed by atoms with van der Waals surface area (Å²) in [5, 5.41) is 4.72. The number of nitrogen functional groups attached to an aromatic ring is 1. The van der Waals surface area contributed by atoms with Gasteiger partial charge >= 0.3 is 6.09 Å². The molecule has 9 heteroatoms. The highest BCUT2D eigenvalue weighted by molar-refractivity contribution is 5.93. The summed E-state index contributed by atoms with van der Waals surface area (Å²) in [7, 11) is 0. The van der Waals surface area contributed by atoms with Gasteiger partial charge < -0.3 is 26.4 Å². The minimum absolute atomic E-state index is 0.0485. The Kier molecular flexibility index (Phi) is 6.43. The number of amides is 3. The summed E-state index contributed by atoms with van der Waals surface area (Å²) < 4.78 is 5.22. The molecule has 1 saturated heterocycles. The summed E-state index contributed by atoms with van der Waals surface area (Å²) in [6.45, 7) is 0.796. The molecule has 1 aliphatic carbocycles. The van der Waals surface area contributed by atoms with Gasteiger partial charge in [0, 0.05) is 30.6 Å². The Morgan fingerprint density at radius 3 is 2.62 bits per heavy atom. The fourth-order valence-corrected chi connectivity index (χ4v) is 4.67. The number of pyridine rings is 1. The summed E-state index contributed by atoms with van der Waals surface area (Å²) in [6, 6.07) is 7.04. The summed E-state index contributed by atoms with van der Waals surface area (Å²) in [5.74, 6) is -0.129. The third-order valence-electron chi connectivity index (χ3n) is 6.50. The zero-order valence-corrected chi connectivity index (χ0v) is 18.0. The van der Waals surface area contributed by atoms with Gasteiger partial charge in [-0.3, -0.25) is 9.59 Å². The number of primary amides is 1. The fourth-order valence-electron chi connectivity index (χ4n) is 4.67. The molecule has 1 unspecified atom stereocenters. The number of likely N-dealkylation sites (tertiary alicyclic amines) is 1. The van der Waals surface area contributed by atoms with Crippen LogP contribution in [0.2, 0.25) is 0 Å². The van der Waals surface area contributed by atoms with Crippen molar-refractivity contribution in [2.45, 2.75) is 57.2 Å². The van der Waals surface area contributed by atoms with Crippen molar-refractivity contribution in [3.05, 3.63) is 36.0 Å². The van der Waals surface area contributed by atoms with Crippen LogP contribution in [0, 0.1) is 5.92 Å². The number of carbonyl (C=O) groups is 3. The molecule has 32 heavy (non-hydrogen) atoms. The van der Waals surface area contributed by atoms with E-state index < -0.39 is 18.2 Å². The predicted molar refractivity (Wildman–Crippen MR) is 119 cm³/mol. The first-order valence-electron chi connectivity index (χ1n) is 11.1. The largest absolute Gasteiger partial charge is 0.436 e. The third kappa shape index (κ3) is 4.61. The van der Waals surface area contributed by atoms with E-state index in [4.69, 9.17) is 16.2 Å². The van der Waals surface area contributed by atoms with Crippen LogP contribution < -0.4 is 16.8 Å². The van der Waals surface area contributed by atoms with Gasteiger partial charge in [0.05, 0.1) is 0 Å². The van der Waals surface area contributed by atoms with Crippen LogP contribution in [0.4, 0.5) is 10.6 Å². The lowest BCUT2D eigenvalue weighted by Crippen LogP contribution is -2.61. The molecule has 5 N–H and O–H groups in total. The maximum absolute atomic E-state index is 13.1. The molecule has 1 saturated carbocycles. The number of anilines is 1. The van der Waals surface area contributed by atoms with Crippen LogP contribution in [-0.4, -0.2) is 46.5 Å². The van der Waals surface area contributed by atoms with E-state index in [9.17, 15) is 14.4 Å². The van der Waals surface area contributed by atoms with E-state index in [2.05, 4.69) is 10.3 Å². The summed E-state index contributed by atoms with van der Waals surface area (Å²) in [5.41, 5.74) is 12.0. The van der Waals surface area contributed by atoms with Gasteiger partial charge in [0.25, 0.3) is 5.91 Å². The molecular weight excluding hydrogens is 410 g/mol. The first kappa shape index (κ1) is 21.9. The second-order valence-corrected chi connectivity index (χ2v) is 8.56. The van der Waals surface area contributed by atoms with Gasteiger partial charge in [-0.2, -0.15) is 0 Å². The lowest BCUT2D eigenvalue weighted by atomic mass is 9.84. The van der Waals surface area contributed by atoms with Gasteiger partial charge in [0.1, 0.15) is 11.9 Å². The number of fused-ring (bicyclic) bond motifs is 1. The topological polar surface area (TPSA) is 141 Å². The Hall–Kier alpha value is -3.36. The molecule has 4 rings (SSSR count). The number of nitrogens with two attached hydrogens (primary N) is 2. The van der Waals surface area contributed by atoms with E-state index in [0.717, 1.165) is 48.4 Å². The van der Waals surface area contributed by atoms with E-state index >= 15 is 0 Å². The number of rotatable bonds is 6. The van der Waals surface area contributed by atoms with Gasteiger partial charge in [-0.25, -0.2) is 9.78 Å². The maximum Gasteiger partial charge on any atom is 0.405 e. The summed E-state index contributed by atoms with van der Waals surface area (Å²) >= 11 is 0. The van der Waals surface area contributed by atoms with Gasteiger partial charge in [-0.15, -0.1) is 0 Å². The predicted octanol–water partition coefficient (Wildman–Crippen LogP) is 2.08. The fraction of sp³-hybridized carbons (Fsp3) is 0.478. The summed E-state index contributed by atoms with van der Waals surface area (Å²) in [4.78, 5) is 42.9. The Morgan fingerprint density at radius 2 is 1.94 bits per heavy atom. The standard InChI is InChI=1S/C23H29N5O4/c24-20-17-7-6-14(12-16(17)8-10-26-20)13-27-21(29)18-9-11-28(18)22(30)19(32-23(25)31)15-4-2-1-3-5-15/h6-8,10,12,15,18-19H,1-5,9,11,13H2,(H2,24,26)(H2,25,31)(H,27,29)/t18-,19?/m0/s1. The monoisotopic (exact) mass is 439 g/mol.